The highest BCUT2D eigenvalue weighted by Gasteiger charge is 2.11. The quantitative estimate of drug-likeness (QED) is 0.684. The first kappa shape index (κ1) is 13.3. The molecule has 106 valence electrons. The van der Waals surface area contributed by atoms with Gasteiger partial charge < -0.3 is 10.4 Å². The van der Waals surface area contributed by atoms with Crippen LogP contribution in [0.25, 0.3) is 10.9 Å². The molecule has 1 amide bonds. The minimum absolute atomic E-state index is 0.173. The number of aliphatic hydroxyl groups excluding tert-OH is 1. The third-order valence-corrected chi connectivity index (χ3v) is 3.34. The van der Waals surface area contributed by atoms with Gasteiger partial charge in [0.15, 0.2) is 0 Å². The Morgan fingerprint density at radius 2 is 2.05 bits per heavy atom. The normalized spacial score (nSPS) is 12.2. The van der Waals surface area contributed by atoms with Crippen LogP contribution in [0.4, 0.5) is 0 Å². The number of aliphatic hydroxyl groups is 1. The van der Waals surface area contributed by atoms with Crippen LogP contribution in [0.1, 0.15) is 22.0 Å². The number of hydrogen-bond donors (Lipinski definition) is 3. The van der Waals surface area contributed by atoms with Crippen molar-refractivity contribution in [2.45, 2.75) is 6.10 Å². The van der Waals surface area contributed by atoms with E-state index in [1.165, 1.54) is 0 Å². The Labute approximate surface area is 121 Å². The van der Waals surface area contributed by atoms with Crippen molar-refractivity contribution in [3.63, 3.8) is 0 Å². The number of amides is 1. The number of nitrogens with zero attached hydrogens (tertiary/aromatic N) is 1. The van der Waals surface area contributed by atoms with Gasteiger partial charge in [-0.2, -0.15) is 5.10 Å². The molecule has 0 saturated heterocycles. The van der Waals surface area contributed by atoms with E-state index in [2.05, 4.69) is 15.5 Å². The van der Waals surface area contributed by atoms with Crippen molar-refractivity contribution < 1.29 is 9.90 Å². The van der Waals surface area contributed by atoms with E-state index in [0.29, 0.717) is 5.56 Å². The van der Waals surface area contributed by atoms with Crippen LogP contribution < -0.4 is 5.32 Å². The molecule has 1 unspecified atom stereocenters. The fraction of sp³-hybridized carbons (Fsp3) is 0.125. The molecule has 21 heavy (non-hydrogen) atoms. The maximum absolute atomic E-state index is 12.1. The Hall–Kier alpha value is -2.66. The van der Waals surface area contributed by atoms with Crippen LogP contribution in [0.15, 0.2) is 54.7 Å². The van der Waals surface area contributed by atoms with Crippen molar-refractivity contribution in [1.82, 2.24) is 15.5 Å². The lowest BCUT2D eigenvalue weighted by molar-refractivity contribution is 0.0916. The second-order valence-corrected chi connectivity index (χ2v) is 4.81. The first-order valence-electron chi connectivity index (χ1n) is 6.68. The van der Waals surface area contributed by atoms with Crippen LogP contribution in [0.2, 0.25) is 0 Å². The van der Waals surface area contributed by atoms with Crippen LogP contribution in [0.5, 0.6) is 0 Å². The van der Waals surface area contributed by atoms with Crippen molar-refractivity contribution in [3.8, 4) is 0 Å². The Morgan fingerprint density at radius 3 is 2.86 bits per heavy atom. The van der Waals surface area contributed by atoms with E-state index in [1.54, 1.807) is 18.3 Å². The summed E-state index contributed by atoms with van der Waals surface area (Å²) in [7, 11) is 0. The highest BCUT2D eigenvalue weighted by atomic mass is 16.3. The molecule has 0 aliphatic heterocycles. The van der Waals surface area contributed by atoms with Gasteiger partial charge in [-0.25, -0.2) is 0 Å². The summed E-state index contributed by atoms with van der Waals surface area (Å²) >= 11 is 0. The topological polar surface area (TPSA) is 78.0 Å². The molecule has 0 fully saturated rings. The summed E-state index contributed by atoms with van der Waals surface area (Å²) in [5.74, 6) is -0.215. The lowest BCUT2D eigenvalue weighted by atomic mass is 10.1. The summed E-state index contributed by atoms with van der Waals surface area (Å²) in [4.78, 5) is 12.1. The third-order valence-electron chi connectivity index (χ3n) is 3.34. The second-order valence-electron chi connectivity index (χ2n) is 4.81. The highest BCUT2D eigenvalue weighted by Crippen LogP contribution is 2.14. The van der Waals surface area contributed by atoms with Crippen LogP contribution in [-0.4, -0.2) is 27.8 Å². The zero-order valence-electron chi connectivity index (χ0n) is 11.3. The summed E-state index contributed by atoms with van der Waals surface area (Å²) in [5, 5.41) is 20.4. The molecule has 0 aliphatic rings. The number of benzene rings is 2. The number of aromatic amines is 1. The number of hydrogen-bond acceptors (Lipinski definition) is 3. The average molecular weight is 281 g/mol. The van der Waals surface area contributed by atoms with Gasteiger partial charge in [0.05, 0.1) is 17.8 Å². The molecule has 1 heterocycles. The van der Waals surface area contributed by atoms with Crippen molar-refractivity contribution in [1.29, 1.82) is 0 Å². The molecule has 5 nitrogen and oxygen atoms in total. The molecule has 0 radical (unpaired) electrons. The lowest BCUT2D eigenvalue weighted by Gasteiger charge is -2.12. The van der Waals surface area contributed by atoms with E-state index in [4.69, 9.17) is 0 Å². The number of aromatic nitrogens is 2. The lowest BCUT2D eigenvalue weighted by Crippen LogP contribution is -2.28. The maximum Gasteiger partial charge on any atom is 0.251 e. The van der Waals surface area contributed by atoms with Gasteiger partial charge in [0.2, 0.25) is 0 Å². The first-order chi connectivity index (χ1) is 10.2. The number of nitrogens with one attached hydrogen (secondary N) is 2. The number of fused-ring (bicyclic) bond motifs is 1. The third kappa shape index (κ3) is 2.93. The number of H-pyrrole nitrogens is 1. The number of carbonyl (C=O) groups excluding carboxylic acids is 1. The zero-order chi connectivity index (χ0) is 14.7. The molecule has 0 saturated carbocycles. The van der Waals surface area contributed by atoms with Gasteiger partial charge >= 0.3 is 0 Å². The SMILES string of the molecule is O=C(NCC(O)c1ccccc1)c1ccc2[nH]ncc2c1. The maximum atomic E-state index is 12.1. The van der Waals surface area contributed by atoms with E-state index in [1.807, 2.05) is 36.4 Å². The van der Waals surface area contributed by atoms with Gasteiger partial charge in [-0.1, -0.05) is 30.3 Å². The summed E-state index contributed by atoms with van der Waals surface area (Å²) in [5.41, 5.74) is 2.21. The van der Waals surface area contributed by atoms with E-state index in [0.717, 1.165) is 16.5 Å². The molecule has 0 aliphatic carbocycles. The Morgan fingerprint density at radius 1 is 1.24 bits per heavy atom. The molecule has 1 aromatic heterocycles. The fourth-order valence-corrected chi connectivity index (χ4v) is 2.17. The monoisotopic (exact) mass is 281 g/mol. The second kappa shape index (κ2) is 5.76. The molecular formula is C16H15N3O2. The van der Waals surface area contributed by atoms with Gasteiger partial charge in [-0.3, -0.25) is 9.89 Å². The van der Waals surface area contributed by atoms with E-state index in [9.17, 15) is 9.90 Å². The summed E-state index contributed by atoms with van der Waals surface area (Å²) in [6, 6.07) is 14.6. The summed E-state index contributed by atoms with van der Waals surface area (Å²) < 4.78 is 0. The fourth-order valence-electron chi connectivity index (χ4n) is 2.17. The van der Waals surface area contributed by atoms with Crippen LogP contribution in [-0.2, 0) is 0 Å². The van der Waals surface area contributed by atoms with Crippen molar-refractivity contribution >= 4 is 16.8 Å². The van der Waals surface area contributed by atoms with Crippen LogP contribution in [0.3, 0.4) is 0 Å². The van der Waals surface area contributed by atoms with E-state index < -0.39 is 6.10 Å². The molecular weight excluding hydrogens is 266 g/mol. The zero-order valence-corrected chi connectivity index (χ0v) is 11.3. The molecule has 3 rings (SSSR count). The van der Waals surface area contributed by atoms with Crippen LogP contribution >= 0.6 is 0 Å². The van der Waals surface area contributed by atoms with Crippen LogP contribution in [0, 0.1) is 0 Å². The predicted molar refractivity (Wildman–Crippen MR) is 79.8 cm³/mol. The van der Waals surface area contributed by atoms with Crippen molar-refractivity contribution in [2.75, 3.05) is 6.54 Å². The smallest absolute Gasteiger partial charge is 0.251 e. The van der Waals surface area contributed by atoms with Gasteiger partial charge in [-0.15, -0.1) is 0 Å². The predicted octanol–water partition coefficient (Wildman–Crippen LogP) is 2.03. The molecule has 5 heteroatoms. The van der Waals surface area contributed by atoms with E-state index >= 15 is 0 Å². The van der Waals surface area contributed by atoms with Crippen molar-refractivity contribution in [2.24, 2.45) is 0 Å². The number of carbonyl (C=O) groups is 1. The molecule has 0 bridgehead atoms. The Bertz CT molecular complexity index is 752. The molecule has 1 atom stereocenters. The average Bonchev–Trinajstić information content (AvgIpc) is 3.00. The Kier molecular flexibility index (Phi) is 3.66. The molecule has 3 N–H and O–H groups in total. The Balaban J connectivity index is 1.66. The van der Waals surface area contributed by atoms with Gasteiger partial charge in [-0.05, 0) is 23.8 Å². The first-order valence-corrected chi connectivity index (χ1v) is 6.68. The minimum Gasteiger partial charge on any atom is -0.387 e. The number of rotatable bonds is 4. The molecule has 2 aromatic carbocycles. The minimum atomic E-state index is -0.715. The summed E-state index contributed by atoms with van der Waals surface area (Å²) in [6.45, 7) is 0.173. The molecule has 3 aromatic rings. The van der Waals surface area contributed by atoms with Gasteiger partial charge in [0, 0.05) is 17.5 Å². The highest BCUT2D eigenvalue weighted by molar-refractivity contribution is 5.97. The molecule has 0 spiro atoms. The van der Waals surface area contributed by atoms with Gasteiger partial charge in [0.1, 0.15) is 0 Å². The van der Waals surface area contributed by atoms with Crippen molar-refractivity contribution in [3.05, 3.63) is 65.9 Å². The van der Waals surface area contributed by atoms with E-state index in [-0.39, 0.29) is 12.5 Å². The standard InChI is InChI=1S/C16H15N3O2/c20-15(11-4-2-1-3-5-11)10-17-16(21)12-6-7-14-13(8-12)9-18-19-14/h1-9,15,20H,10H2,(H,17,21)(H,18,19). The van der Waals surface area contributed by atoms with Gasteiger partial charge in [0.25, 0.3) is 5.91 Å². The largest absolute Gasteiger partial charge is 0.387 e. The summed E-state index contributed by atoms with van der Waals surface area (Å²) in [6.07, 6.45) is 0.957.